The smallest absolute Gasteiger partial charge is 0.130 e. The fourth-order valence-electron chi connectivity index (χ4n) is 1.79. The number of halogens is 1. The second-order valence-electron chi connectivity index (χ2n) is 4.45. The molecule has 0 aliphatic rings. The van der Waals surface area contributed by atoms with Crippen molar-refractivity contribution < 1.29 is 9.47 Å². The van der Waals surface area contributed by atoms with Crippen LogP contribution in [-0.4, -0.2) is 12.1 Å². The third-order valence-electron chi connectivity index (χ3n) is 2.88. The van der Waals surface area contributed by atoms with Gasteiger partial charge in [-0.1, -0.05) is 6.07 Å². The molecule has 0 aliphatic heterocycles. The third-order valence-corrected chi connectivity index (χ3v) is 3.34. The van der Waals surface area contributed by atoms with Gasteiger partial charge in [-0.15, -0.1) is 0 Å². The minimum absolute atomic E-state index is 0.103. The van der Waals surface area contributed by atoms with E-state index in [1.807, 2.05) is 37.3 Å². The molecule has 4 nitrogen and oxygen atoms in total. The van der Waals surface area contributed by atoms with Crippen LogP contribution in [0.4, 0.5) is 0 Å². The highest BCUT2D eigenvalue weighted by Gasteiger charge is 2.10. The van der Waals surface area contributed by atoms with E-state index >= 15 is 0 Å². The number of aromatic nitrogens is 1. The van der Waals surface area contributed by atoms with Crippen LogP contribution in [0.15, 0.2) is 41.0 Å². The number of methoxy groups -OCH3 is 1. The Bertz CT molecular complexity index is 571. The number of nitrogens with zero attached hydrogens (tertiary/aromatic N) is 1. The van der Waals surface area contributed by atoms with E-state index in [-0.39, 0.29) is 6.04 Å². The second-order valence-corrected chi connectivity index (χ2v) is 5.36. The molecule has 106 valence electrons. The van der Waals surface area contributed by atoms with E-state index in [2.05, 4.69) is 20.9 Å². The molecule has 2 rings (SSSR count). The Balaban J connectivity index is 2.16. The maximum atomic E-state index is 5.95. The summed E-state index contributed by atoms with van der Waals surface area (Å²) >= 11 is 3.35. The molecule has 1 aromatic heterocycles. The zero-order chi connectivity index (χ0) is 14.5. The molecule has 1 heterocycles. The van der Waals surface area contributed by atoms with Crippen molar-refractivity contribution in [3.63, 3.8) is 0 Å². The van der Waals surface area contributed by atoms with Crippen LogP contribution in [0.2, 0.25) is 0 Å². The molecule has 2 aromatic rings. The largest absolute Gasteiger partial charge is 0.497 e. The van der Waals surface area contributed by atoms with Gasteiger partial charge in [0.25, 0.3) is 0 Å². The molecule has 0 radical (unpaired) electrons. The molecule has 0 saturated heterocycles. The highest BCUT2D eigenvalue weighted by atomic mass is 79.9. The minimum Gasteiger partial charge on any atom is -0.497 e. The maximum Gasteiger partial charge on any atom is 0.130 e. The zero-order valence-corrected chi connectivity index (χ0v) is 13.1. The number of hydrogen-bond donors (Lipinski definition) is 1. The lowest BCUT2D eigenvalue weighted by molar-refractivity contribution is 0.294. The van der Waals surface area contributed by atoms with Gasteiger partial charge < -0.3 is 15.2 Å². The molecule has 5 heteroatoms. The number of rotatable bonds is 5. The molecular formula is C15H17BrN2O2. The molecule has 0 unspecified atom stereocenters. The van der Waals surface area contributed by atoms with Crippen LogP contribution < -0.4 is 15.2 Å². The number of hydrogen-bond acceptors (Lipinski definition) is 4. The van der Waals surface area contributed by atoms with E-state index in [0.29, 0.717) is 6.61 Å². The fraction of sp³-hybridized carbons (Fsp3) is 0.267. The average molecular weight is 337 g/mol. The molecule has 2 N–H and O–H groups in total. The summed E-state index contributed by atoms with van der Waals surface area (Å²) < 4.78 is 12.0. The Kier molecular flexibility index (Phi) is 4.98. The molecule has 0 fully saturated rings. The number of pyridine rings is 1. The quantitative estimate of drug-likeness (QED) is 0.908. The van der Waals surface area contributed by atoms with Gasteiger partial charge in [-0.05, 0) is 41.1 Å². The molecular weight excluding hydrogens is 320 g/mol. The highest BCUT2D eigenvalue weighted by molar-refractivity contribution is 9.10. The summed E-state index contributed by atoms with van der Waals surface area (Å²) in [6, 6.07) is 9.39. The Labute approximate surface area is 127 Å². The van der Waals surface area contributed by atoms with Gasteiger partial charge in [0.2, 0.25) is 0 Å². The number of benzene rings is 1. The van der Waals surface area contributed by atoms with E-state index in [4.69, 9.17) is 15.2 Å². The minimum atomic E-state index is -0.103. The van der Waals surface area contributed by atoms with Crippen molar-refractivity contribution in [1.82, 2.24) is 4.98 Å². The molecule has 0 aliphatic carbocycles. The van der Waals surface area contributed by atoms with Crippen molar-refractivity contribution in [3.8, 4) is 11.5 Å². The summed E-state index contributed by atoms with van der Waals surface area (Å²) in [7, 11) is 1.63. The lowest BCUT2D eigenvalue weighted by atomic mass is 10.1. The topological polar surface area (TPSA) is 57.4 Å². The Morgan fingerprint density at radius 3 is 2.70 bits per heavy atom. The molecule has 0 saturated carbocycles. The predicted molar refractivity (Wildman–Crippen MR) is 81.9 cm³/mol. The van der Waals surface area contributed by atoms with Crippen LogP contribution in [0, 0.1) is 0 Å². The Hall–Kier alpha value is -1.59. The van der Waals surface area contributed by atoms with Gasteiger partial charge in [0.1, 0.15) is 18.1 Å². The summed E-state index contributed by atoms with van der Waals surface area (Å²) in [5.74, 6) is 1.47. The average Bonchev–Trinajstić information content (AvgIpc) is 2.46. The molecule has 0 bridgehead atoms. The highest BCUT2D eigenvalue weighted by Crippen LogP contribution is 2.29. The number of nitrogens with two attached hydrogens (primary N) is 1. The Morgan fingerprint density at radius 1 is 1.30 bits per heavy atom. The second kappa shape index (κ2) is 6.72. The van der Waals surface area contributed by atoms with Crippen molar-refractivity contribution in [2.75, 3.05) is 7.11 Å². The first kappa shape index (κ1) is 14.8. The summed E-state index contributed by atoms with van der Waals surface area (Å²) in [5, 5.41) is 0. The van der Waals surface area contributed by atoms with Gasteiger partial charge in [-0.2, -0.15) is 0 Å². The van der Waals surface area contributed by atoms with E-state index in [0.717, 1.165) is 27.2 Å². The zero-order valence-electron chi connectivity index (χ0n) is 11.5. The first-order valence-corrected chi connectivity index (χ1v) is 7.06. The lowest BCUT2D eigenvalue weighted by Crippen LogP contribution is -2.08. The predicted octanol–water partition coefficient (Wildman–Crippen LogP) is 3.45. The van der Waals surface area contributed by atoms with Crippen molar-refractivity contribution in [3.05, 3.63) is 52.3 Å². The molecule has 1 atom stereocenters. The van der Waals surface area contributed by atoms with Gasteiger partial charge >= 0.3 is 0 Å². The fourth-order valence-corrected chi connectivity index (χ4v) is 2.02. The van der Waals surface area contributed by atoms with Crippen LogP contribution in [0.1, 0.15) is 24.2 Å². The van der Waals surface area contributed by atoms with E-state index in [9.17, 15) is 0 Å². The SMILES string of the molecule is COc1ccc([C@@H](C)N)c(OCc2ccc(Br)cn2)c1. The van der Waals surface area contributed by atoms with Crippen LogP contribution in [0.5, 0.6) is 11.5 Å². The number of ether oxygens (including phenoxy) is 2. The van der Waals surface area contributed by atoms with Crippen LogP contribution in [0.3, 0.4) is 0 Å². The standard InChI is InChI=1S/C15H17BrN2O2/c1-10(17)14-6-5-13(19-2)7-15(14)20-9-12-4-3-11(16)8-18-12/h3-8,10H,9,17H2,1-2H3/t10-/m1/s1. The van der Waals surface area contributed by atoms with Crippen molar-refractivity contribution in [2.24, 2.45) is 5.73 Å². The molecule has 0 amide bonds. The summed E-state index contributed by atoms with van der Waals surface area (Å²) in [5.41, 5.74) is 7.75. The van der Waals surface area contributed by atoms with E-state index < -0.39 is 0 Å². The van der Waals surface area contributed by atoms with Crippen LogP contribution in [0.25, 0.3) is 0 Å². The van der Waals surface area contributed by atoms with E-state index in [1.54, 1.807) is 13.3 Å². The van der Waals surface area contributed by atoms with Crippen molar-refractivity contribution in [1.29, 1.82) is 0 Å². The monoisotopic (exact) mass is 336 g/mol. The first-order chi connectivity index (χ1) is 9.60. The van der Waals surface area contributed by atoms with Gasteiger partial charge in [-0.3, -0.25) is 4.98 Å². The van der Waals surface area contributed by atoms with E-state index in [1.165, 1.54) is 0 Å². The van der Waals surface area contributed by atoms with Crippen LogP contribution >= 0.6 is 15.9 Å². The maximum absolute atomic E-state index is 5.95. The third kappa shape index (κ3) is 3.71. The van der Waals surface area contributed by atoms with Gasteiger partial charge in [0.15, 0.2) is 0 Å². The summed E-state index contributed by atoms with van der Waals surface area (Å²) in [6.45, 7) is 2.31. The summed E-state index contributed by atoms with van der Waals surface area (Å²) in [6.07, 6.45) is 1.75. The lowest BCUT2D eigenvalue weighted by Gasteiger charge is -2.15. The van der Waals surface area contributed by atoms with Gasteiger partial charge in [0.05, 0.1) is 12.8 Å². The molecule has 20 heavy (non-hydrogen) atoms. The first-order valence-electron chi connectivity index (χ1n) is 6.27. The molecule has 0 spiro atoms. The van der Waals surface area contributed by atoms with Gasteiger partial charge in [-0.25, -0.2) is 0 Å². The molecule has 1 aromatic carbocycles. The normalized spacial score (nSPS) is 12.0. The van der Waals surface area contributed by atoms with Crippen LogP contribution in [-0.2, 0) is 6.61 Å². The summed E-state index contributed by atoms with van der Waals surface area (Å²) in [4.78, 5) is 4.28. The van der Waals surface area contributed by atoms with Crippen molar-refractivity contribution in [2.45, 2.75) is 19.6 Å². The Morgan fingerprint density at radius 2 is 2.10 bits per heavy atom. The van der Waals surface area contributed by atoms with Crippen molar-refractivity contribution >= 4 is 15.9 Å². The van der Waals surface area contributed by atoms with Gasteiger partial charge in [0, 0.05) is 28.3 Å².